The van der Waals surface area contributed by atoms with E-state index in [1.165, 1.54) is 40.6 Å². The van der Waals surface area contributed by atoms with Gasteiger partial charge in [0.05, 0.1) is 17.6 Å². The minimum Gasteiger partial charge on any atom is -0.495 e. The molecule has 3 rings (SSSR count). The first-order valence-electron chi connectivity index (χ1n) is 9.75. The minimum absolute atomic E-state index is 0.0338. The van der Waals surface area contributed by atoms with Gasteiger partial charge in [0.2, 0.25) is 20.0 Å². The average molecular weight is 498 g/mol. The highest BCUT2D eigenvalue weighted by atomic mass is 32.2. The van der Waals surface area contributed by atoms with Crippen LogP contribution in [0.4, 0.5) is 0 Å². The van der Waals surface area contributed by atoms with Gasteiger partial charge in [0.15, 0.2) is 6.61 Å². The number of esters is 1. The molecule has 1 saturated heterocycles. The summed E-state index contributed by atoms with van der Waals surface area (Å²) in [5.74, 6) is -1.45. The molecule has 178 valence electrons. The maximum Gasteiger partial charge on any atom is 0.338 e. The molecule has 1 aliphatic rings. The van der Waals surface area contributed by atoms with E-state index in [-0.39, 0.29) is 47.3 Å². The van der Waals surface area contributed by atoms with Crippen LogP contribution in [0.25, 0.3) is 0 Å². The summed E-state index contributed by atoms with van der Waals surface area (Å²) in [6.45, 7) is -0.0949. The normalized spacial score (nSPS) is 15.2. The fraction of sp³-hybridized carbons (Fsp3) is 0.300. The van der Waals surface area contributed by atoms with E-state index in [4.69, 9.17) is 14.6 Å². The summed E-state index contributed by atoms with van der Waals surface area (Å²) in [6.07, 6.45) is 0. The number of ether oxygens (including phenoxy) is 2. The number of hydrogen-bond donors (Lipinski definition) is 1. The number of piperazine rings is 1. The molecule has 0 bridgehead atoms. The van der Waals surface area contributed by atoms with Crippen molar-refractivity contribution in [2.75, 3.05) is 39.9 Å². The van der Waals surface area contributed by atoms with Crippen molar-refractivity contribution in [3.05, 3.63) is 54.1 Å². The lowest BCUT2D eigenvalue weighted by atomic mass is 10.2. The quantitative estimate of drug-likeness (QED) is 0.526. The van der Waals surface area contributed by atoms with Gasteiger partial charge in [0.1, 0.15) is 10.6 Å². The zero-order chi connectivity index (χ0) is 24.2. The van der Waals surface area contributed by atoms with Crippen LogP contribution in [0.5, 0.6) is 5.75 Å². The monoisotopic (exact) mass is 497 g/mol. The van der Waals surface area contributed by atoms with Gasteiger partial charge in [-0.1, -0.05) is 18.2 Å². The summed E-state index contributed by atoms with van der Waals surface area (Å²) >= 11 is 0. The van der Waals surface area contributed by atoms with Gasteiger partial charge >= 0.3 is 5.97 Å². The lowest BCUT2D eigenvalue weighted by molar-refractivity contribution is -0.135. The van der Waals surface area contributed by atoms with E-state index in [0.29, 0.717) is 0 Å². The molecular weight excluding hydrogens is 474 g/mol. The standard InChI is InChI=1S/C20H23N3O8S2/c1-30-17-8-7-15(13-18(17)32(21,26)27)20(25)31-14-19(24)22-9-11-23(12-10-22)33(28,29)16-5-3-2-4-6-16/h2-8,13H,9-12,14H2,1H3,(H2,21,26,27). The van der Waals surface area contributed by atoms with Crippen molar-refractivity contribution >= 4 is 31.9 Å². The van der Waals surface area contributed by atoms with E-state index in [1.54, 1.807) is 18.2 Å². The molecule has 2 aromatic carbocycles. The molecule has 1 fully saturated rings. The Balaban J connectivity index is 1.57. The first-order valence-corrected chi connectivity index (χ1v) is 12.7. The van der Waals surface area contributed by atoms with Crippen molar-refractivity contribution in [3.63, 3.8) is 0 Å². The molecule has 0 unspecified atom stereocenters. The number of nitrogens with two attached hydrogens (primary N) is 1. The van der Waals surface area contributed by atoms with Crippen molar-refractivity contribution in [3.8, 4) is 5.75 Å². The number of hydrogen-bond acceptors (Lipinski definition) is 8. The van der Waals surface area contributed by atoms with Crippen molar-refractivity contribution in [2.24, 2.45) is 5.14 Å². The van der Waals surface area contributed by atoms with Gasteiger partial charge in [-0.3, -0.25) is 4.79 Å². The third kappa shape index (κ3) is 5.68. The lowest BCUT2D eigenvalue weighted by Gasteiger charge is -2.33. The Labute approximate surface area is 191 Å². The van der Waals surface area contributed by atoms with Gasteiger partial charge in [0.25, 0.3) is 5.91 Å². The molecule has 13 heteroatoms. The summed E-state index contributed by atoms with van der Waals surface area (Å²) in [5.41, 5.74) is -0.119. The van der Waals surface area contributed by atoms with Gasteiger partial charge < -0.3 is 14.4 Å². The summed E-state index contributed by atoms with van der Waals surface area (Å²) < 4.78 is 59.9. The molecule has 0 aromatic heterocycles. The summed E-state index contributed by atoms with van der Waals surface area (Å²) in [5, 5.41) is 5.13. The molecule has 2 aromatic rings. The predicted octanol–water partition coefficient (Wildman–Crippen LogP) is 0.0325. The van der Waals surface area contributed by atoms with Crippen LogP contribution in [0, 0.1) is 0 Å². The molecule has 11 nitrogen and oxygen atoms in total. The van der Waals surface area contributed by atoms with Crippen LogP contribution in [-0.2, 0) is 29.6 Å². The minimum atomic E-state index is -4.15. The number of carbonyl (C=O) groups excluding carboxylic acids is 2. The highest BCUT2D eigenvalue weighted by Gasteiger charge is 2.30. The summed E-state index contributed by atoms with van der Waals surface area (Å²) in [4.78, 5) is 25.9. The molecule has 0 atom stereocenters. The number of primary sulfonamides is 1. The van der Waals surface area contributed by atoms with E-state index in [0.717, 1.165) is 6.07 Å². The Kier molecular flexibility index (Phi) is 7.37. The van der Waals surface area contributed by atoms with Crippen molar-refractivity contribution in [1.29, 1.82) is 0 Å². The van der Waals surface area contributed by atoms with Crippen LogP contribution in [-0.4, -0.2) is 77.8 Å². The van der Waals surface area contributed by atoms with E-state index in [1.807, 2.05) is 0 Å². The van der Waals surface area contributed by atoms with Crippen LogP contribution >= 0.6 is 0 Å². The van der Waals surface area contributed by atoms with Gasteiger partial charge in [-0.15, -0.1) is 0 Å². The maximum atomic E-state index is 12.7. The molecule has 2 N–H and O–H groups in total. The number of benzene rings is 2. The van der Waals surface area contributed by atoms with Crippen molar-refractivity contribution < 1.29 is 35.9 Å². The molecule has 1 heterocycles. The second kappa shape index (κ2) is 9.87. The Morgan fingerprint density at radius 3 is 2.18 bits per heavy atom. The number of rotatable bonds is 7. The van der Waals surface area contributed by atoms with Gasteiger partial charge in [-0.05, 0) is 30.3 Å². The molecule has 0 aliphatic carbocycles. The van der Waals surface area contributed by atoms with Gasteiger partial charge in [-0.25, -0.2) is 26.8 Å². The summed E-state index contributed by atoms with van der Waals surface area (Å²) in [7, 11) is -6.55. The Hall–Kier alpha value is -3.00. The van der Waals surface area contributed by atoms with Crippen molar-refractivity contribution in [1.82, 2.24) is 9.21 Å². The fourth-order valence-electron chi connectivity index (χ4n) is 3.25. The lowest BCUT2D eigenvalue weighted by Crippen LogP contribution is -2.51. The molecule has 1 amide bonds. The van der Waals surface area contributed by atoms with Gasteiger partial charge in [-0.2, -0.15) is 4.31 Å². The first kappa shape index (κ1) is 24.6. The predicted molar refractivity (Wildman–Crippen MR) is 116 cm³/mol. The Morgan fingerprint density at radius 2 is 1.61 bits per heavy atom. The highest BCUT2D eigenvalue weighted by molar-refractivity contribution is 7.89. The summed E-state index contributed by atoms with van der Waals surface area (Å²) in [6, 6.07) is 11.6. The zero-order valence-corrected chi connectivity index (χ0v) is 19.3. The van der Waals surface area contributed by atoms with Crippen LogP contribution in [0.1, 0.15) is 10.4 Å². The second-order valence-corrected chi connectivity index (χ2v) is 10.6. The van der Waals surface area contributed by atoms with Gasteiger partial charge in [0, 0.05) is 26.2 Å². The fourth-order valence-corrected chi connectivity index (χ4v) is 5.41. The third-order valence-corrected chi connectivity index (χ3v) is 7.85. The molecule has 0 spiro atoms. The molecule has 1 aliphatic heterocycles. The van der Waals surface area contributed by atoms with Crippen LogP contribution < -0.4 is 9.88 Å². The van der Waals surface area contributed by atoms with Crippen LogP contribution in [0.15, 0.2) is 58.3 Å². The molecule has 0 radical (unpaired) electrons. The smallest absolute Gasteiger partial charge is 0.338 e. The molecular formula is C20H23N3O8S2. The van der Waals surface area contributed by atoms with E-state index >= 15 is 0 Å². The van der Waals surface area contributed by atoms with E-state index in [2.05, 4.69) is 0 Å². The van der Waals surface area contributed by atoms with Crippen LogP contribution in [0.2, 0.25) is 0 Å². The third-order valence-electron chi connectivity index (χ3n) is 5.00. The maximum absolute atomic E-state index is 12.7. The number of sulfonamides is 2. The number of nitrogens with zero attached hydrogens (tertiary/aromatic N) is 2. The largest absolute Gasteiger partial charge is 0.495 e. The Bertz CT molecular complexity index is 1240. The SMILES string of the molecule is COc1ccc(C(=O)OCC(=O)N2CCN(S(=O)(=O)c3ccccc3)CC2)cc1S(N)(=O)=O. The zero-order valence-electron chi connectivity index (χ0n) is 17.7. The van der Waals surface area contributed by atoms with E-state index in [9.17, 15) is 26.4 Å². The molecule has 0 saturated carbocycles. The number of methoxy groups -OCH3 is 1. The number of carbonyl (C=O) groups is 2. The number of amides is 1. The second-order valence-electron chi connectivity index (χ2n) is 7.08. The highest BCUT2D eigenvalue weighted by Crippen LogP contribution is 2.24. The topological polar surface area (TPSA) is 153 Å². The van der Waals surface area contributed by atoms with Crippen LogP contribution in [0.3, 0.4) is 0 Å². The average Bonchev–Trinajstić information content (AvgIpc) is 2.82. The van der Waals surface area contributed by atoms with E-state index < -0.39 is 38.5 Å². The first-order chi connectivity index (χ1) is 15.5. The Morgan fingerprint density at radius 1 is 0.970 bits per heavy atom. The van der Waals surface area contributed by atoms with Crippen molar-refractivity contribution in [2.45, 2.75) is 9.79 Å². The molecule has 33 heavy (non-hydrogen) atoms.